The molecule has 0 amide bonds. The maximum Gasteiger partial charge on any atom is 0.310 e. The Morgan fingerprint density at radius 3 is 2.74 bits per heavy atom. The summed E-state index contributed by atoms with van der Waals surface area (Å²) in [5.74, 6) is -0.0129. The summed E-state index contributed by atoms with van der Waals surface area (Å²) in [5, 5.41) is -1.23. The number of benzene rings is 1. The number of anilines is 1. The first-order valence-electron chi connectivity index (χ1n) is 12.7. The molecule has 2 aliphatic rings. The van der Waals surface area contributed by atoms with E-state index in [-0.39, 0.29) is 24.8 Å². The van der Waals surface area contributed by atoms with Gasteiger partial charge in [-0.15, -0.1) is 0 Å². The lowest BCUT2D eigenvalue weighted by Gasteiger charge is -2.30. The van der Waals surface area contributed by atoms with E-state index in [1.807, 2.05) is 0 Å². The van der Waals surface area contributed by atoms with E-state index < -0.39 is 46.4 Å². The van der Waals surface area contributed by atoms with Crippen molar-refractivity contribution in [2.24, 2.45) is 0 Å². The number of carbonyl (C=O) groups excluding carboxylic acids is 1. The molecule has 0 N–H and O–H groups in total. The van der Waals surface area contributed by atoms with Crippen LogP contribution < -0.4 is 9.64 Å². The molecule has 5 rings (SSSR count). The third-order valence-electron chi connectivity index (χ3n) is 7.12. The van der Waals surface area contributed by atoms with Crippen molar-refractivity contribution in [2.75, 3.05) is 44.9 Å². The van der Waals surface area contributed by atoms with Gasteiger partial charge in [-0.3, -0.25) is 9.20 Å². The third-order valence-corrected chi connectivity index (χ3v) is 8.80. The van der Waals surface area contributed by atoms with E-state index in [0.717, 1.165) is 13.2 Å². The highest BCUT2D eigenvalue weighted by molar-refractivity contribution is 8.04. The monoisotopic (exact) mass is 566 g/mol. The van der Waals surface area contributed by atoms with E-state index in [9.17, 15) is 26.4 Å². The van der Waals surface area contributed by atoms with Crippen LogP contribution in [0, 0.1) is 5.82 Å². The second-order valence-electron chi connectivity index (χ2n) is 9.67. The molecule has 2 aliphatic heterocycles. The number of aromatic nitrogens is 2. The van der Waals surface area contributed by atoms with Gasteiger partial charge in [-0.1, -0.05) is 0 Å². The third kappa shape index (κ3) is 5.48. The molecule has 2 saturated heterocycles. The molecule has 3 aromatic rings. The van der Waals surface area contributed by atoms with Crippen molar-refractivity contribution in [1.29, 1.82) is 0 Å². The highest BCUT2D eigenvalue weighted by Crippen LogP contribution is 2.42. The Hall–Kier alpha value is -3.16. The molecule has 1 aromatic carbocycles. The fraction of sp³-hybridized carbons (Fsp3) is 0.462. The van der Waals surface area contributed by atoms with Crippen molar-refractivity contribution in [3.05, 3.63) is 59.8 Å². The molecule has 210 valence electrons. The molecule has 13 heteroatoms. The first kappa shape index (κ1) is 27.4. The molecule has 2 fully saturated rings. The topological polar surface area (TPSA) is 93.5 Å². The molecule has 4 heterocycles. The molecule has 0 bridgehead atoms. The first-order chi connectivity index (χ1) is 18.7. The van der Waals surface area contributed by atoms with Crippen molar-refractivity contribution in [3.63, 3.8) is 0 Å². The molecule has 9 nitrogen and oxygen atoms in total. The maximum absolute atomic E-state index is 14.9. The zero-order valence-corrected chi connectivity index (χ0v) is 22.1. The highest BCUT2D eigenvalue weighted by atomic mass is 32.2. The minimum absolute atomic E-state index is 0.00108. The highest BCUT2D eigenvalue weighted by Gasteiger charge is 2.37. The lowest BCUT2D eigenvalue weighted by Crippen LogP contribution is -2.35. The Labute approximate surface area is 224 Å². The normalized spacial score (nSPS) is 20.7. The standard InChI is InChI=1S/C26H29F3N4O5S/c1-31(9-8-27)39(35,36)26(34)23-14-30-25-5-3-19(16-33(23)25)32-15-18(29)13-22(32)21-12-17(28)2-4-24(21)38-20-6-10-37-11-7-20/h2-5,12,14,16,18,20,22H,6-11,13,15H2,1H3/t18-,22+/m1/s1. The molecule has 2 atom stereocenters. The van der Waals surface area contributed by atoms with E-state index in [0.29, 0.717) is 53.0 Å². The van der Waals surface area contributed by atoms with Gasteiger partial charge in [0.1, 0.15) is 41.9 Å². The largest absolute Gasteiger partial charge is 0.490 e. The number of hydrogen-bond donors (Lipinski definition) is 0. The number of halogens is 3. The van der Waals surface area contributed by atoms with Gasteiger partial charge in [-0.2, -0.15) is 4.31 Å². The van der Waals surface area contributed by atoms with Crippen LogP contribution in [0.5, 0.6) is 5.75 Å². The lowest BCUT2D eigenvalue weighted by atomic mass is 10.0. The fourth-order valence-electron chi connectivity index (χ4n) is 5.03. The smallest absolute Gasteiger partial charge is 0.310 e. The summed E-state index contributed by atoms with van der Waals surface area (Å²) < 4.78 is 80.9. The number of alkyl halides is 2. The van der Waals surface area contributed by atoms with Gasteiger partial charge in [0.05, 0.1) is 31.1 Å². The fourth-order valence-corrected chi connectivity index (χ4v) is 6.04. The van der Waals surface area contributed by atoms with Crippen LogP contribution in [0.2, 0.25) is 0 Å². The van der Waals surface area contributed by atoms with Crippen LogP contribution in [0.1, 0.15) is 41.4 Å². The van der Waals surface area contributed by atoms with Gasteiger partial charge in [-0.05, 0) is 30.3 Å². The van der Waals surface area contributed by atoms with Gasteiger partial charge in [-0.25, -0.2) is 26.6 Å². The van der Waals surface area contributed by atoms with E-state index in [4.69, 9.17) is 9.47 Å². The van der Waals surface area contributed by atoms with Crippen LogP contribution in [0.15, 0.2) is 42.7 Å². The first-order valence-corrected chi connectivity index (χ1v) is 14.1. The van der Waals surface area contributed by atoms with E-state index in [1.165, 1.54) is 22.7 Å². The molecule has 0 unspecified atom stereocenters. The summed E-state index contributed by atoms with van der Waals surface area (Å²) in [4.78, 5) is 18.8. The number of rotatable bonds is 8. The zero-order valence-electron chi connectivity index (χ0n) is 21.3. The van der Waals surface area contributed by atoms with Gasteiger partial charge >= 0.3 is 5.12 Å². The van der Waals surface area contributed by atoms with Crippen LogP contribution >= 0.6 is 0 Å². The van der Waals surface area contributed by atoms with Gasteiger partial charge in [0.2, 0.25) is 0 Å². The molecule has 0 aliphatic carbocycles. The quantitative estimate of drug-likeness (QED) is 0.411. The minimum Gasteiger partial charge on any atom is -0.490 e. The van der Waals surface area contributed by atoms with Crippen LogP contribution in [0.25, 0.3) is 5.65 Å². The molecule has 0 radical (unpaired) electrons. The Balaban J connectivity index is 1.50. The summed E-state index contributed by atoms with van der Waals surface area (Å²) in [7, 11) is -3.36. The van der Waals surface area contributed by atoms with Crippen LogP contribution in [-0.4, -0.2) is 79.5 Å². The summed E-state index contributed by atoms with van der Waals surface area (Å²) in [6, 6.07) is 6.90. The Morgan fingerprint density at radius 1 is 1.23 bits per heavy atom. The number of ether oxygens (including phenoxy) is 2. The summed E-state index contributed by atoms with van der Waals surface area (Å²) in [6.07, 6.45) is 2.78. The lowest BCUT2D eigenvalue weighted by molar-refractivity contribution is 0.0250. The number of fused-ring (bicyclic) bond motifs is 1. The maximum atomic E-state index is 14.9. The van der Waals surface area contributed by atoms with E-state index in [2.05, 4.69) is 4.98 Å². The molecule has 0 saturated carbocycles. The number of hydrogen-bond acceptors (Lipinski definition) is 7. The average Bonchev–Trinajstić information content (AvgIpc) is 3.53. The number of pyridine rings is 1. The second kappa shape index (κ2) is 11.1. The SMILES string of the molecule is CN(CCF)S(=O)(=O)C(=O)c1cnc2ccc(N3C[C@H](F)C[C@H]3c3cc(F)ccc3OC3CCOCC3)cn12. The van der Waals surface area contributed by atoms with E-state index in [1.54, 1.807) is 23.1 Å². The zero-order chi connectivity index (χ0) is 27.7. The van der Waals surface area contributed by atoms with Gasteiger partial charge in [0.15, 0.2) is 0 Å². The van der Waals surface area contributed by atoms with Gasteiger partial charge in [0, 0.05) is 51.2 Å². The van der Waals surface area contributed by atoms with Crippen molar-refractivity contribution >= 4 is 26.5 Å². The van der Waals surface area contributed by atoms with E-state index >= 15 is 0 Å². The summed E-state index contributed by atoms with van der Waals surface area (Å²) in [5.41, 5.74) is 1.04. The summed E-state index contributed by atoms with van der Waals surface area (Å²) >= 11 is 0. The Kier molecular flexibility index (Phi) is 7.83. The van der Waals surface area contributed by atoms with Crippen LogP contribution in [0.4, 0.5) is 18.9 Å². The molecule has 39 heavy (non-hydrogen) atoms. The van der Waals surface area contributed by atoms with Gasteiger partial charge in [0.25, 0.3) is 10.0 Å². The minimum atomic E-state index is -4.48. The van der Waals surface area contributed by atoms with Crippen molar-refractivity contribution < 1.29 is 35.9 Å². The predicted molar refractivity (Wildman–Crippen MR) is 138 cm³/mol. The molecule has 0 spiro atoms. The molecule has 2 aromatic heterocycles. The Bertz CT molecular complexity index is 1460. The Morgan fingerprint density at radius 2 is 2.00 bits per heavy atom. The molecular weight excluding hydrogens is 537 g/mol. The van der Waals surface area contributed by atoms with Crippen molar-refractivity contribution in [1.82, 2.24) is 13.7 Å². The van der Waals surface area contributed by atoms with Crippen molar-refractivity contribution in [2.45, 2.75) is 37.6 Å². The summed E-state index contributed by atoms with van der Waals surface area (Å²) in [6.45, 7) is -0.279. The number of carbonyl (C=O) groups is 1. The average molecular weight is 567 g/mol. The van der Waals surface area contributed by atoms with Crippen LogP contribution in [-0.2, 0) is 14.8 Å². The number of imidazole rings is 1. The van der Waals surface area contributed by atoms with Crippen molar-refractivity contribution in [3.8, 4) is 5.75 Å². The van der Waals surface area contributed by atoms with Gasteiger partial charge < -0.3 is 14.4 Å². The van der Waals surface area contributed by atoms with Crippen LogP contribution in [0.3, 0.4) is 0 Å². The number of nitrogens with zero attached hydrogens (tertiary/aromatic N) is 4. The molecular formula is C26H29F3N4O5S. The number of sulfonamides is 1. The second-order valence-corrected chi connectivity index (χ2v) is 11.6. The predicted octanol–water partition coefficient (Wildman–Crippen LogP) is 3.69.